The van der Waals surface area contributed by atoms with Gasteiger partial charge < -0.3 is 23.5 Å². The smallest absolute Gasteiger partial charge is 0.339 e. The van der Waals surface area contributed by atoms with Crippen molar-refractivity contribution in [2.75, 3.05) is 26.4 Å². The van der Waals surface area contributed by atoms with Gasteiger partial charge in [-0.3, -0.25) is 0 Å². The molecular weight excluding hydrogens is 731 g/mol. The molecule has 2 aromatic carbocycles. The number of ether oxygens (including phenoxy) is 4. The molecule has 9 heteroatoms. The van der Waals surface area contributed by atoms with Gasteiger partial charge in [-0.15, -0.1) is 0 Å². The van der Waals surface area contributed by atoms with E-state index in [-0.39, 0.29) is 72.4 Å². The van der Waals surface area contributed by atoms with Gasteiger partial charge in [0.25, 0.3) is 0 Å². The molecule has 0 saturated heterocycles. The Morgan fingerprint density at radius 3 is 0.897 bits per heavy atom. The number of hydrogen-bond acceptors (Lipinski definition) is 8. The van der Waals surface area contributed by atoms with Crippen LogP contribution in [0.1, 0.15) is 200 Å². The van der Waals surface area contributed by atoms with E-state index in [4.69, 9.17) is 18.9 Å². The van der Waals surface area contributed by atoms with Crippen LogP contribution in [0.3, 0.4) is 0 Å². The van der Waals surface area contributed by atoms with Gasteiger partial charge in [-0.1, -0.05) is 132 Å². The van der Waals surface area contributed by atoms with Crippen LogP contribution in [0, 0.1) is 23.7 Å². The number of aromatic nitrogens is 1. The van der Waals surface area contributed by atoms with Crippen LogP contribution in [0.5, 0.6) is 0 Å². The molecule has 3 rings (SSSR count). The summed E-state index contributed by atoms with van der Waals surface area (Å²) >= 11 is 0. The summed E-state index contributed by atoms with van der Waals surface area (Å²) in [5.74, 6) is -1.48. The molecule has 1 aromatic heterocycles. The second kappa shape index (κ2) is 25.6. The minimum Gasteiger partial charge on any atom is -0.462 e. The summed E-state index contributed by atoms with van der Waals surface area (Å²) < 4.78 is 25.6. The zero-order valence-corrected chi connectivity index (χ0v) is 37.5. The average molecular weight is 806 g/mol. The molecule has 9 nitrogen and oxygen atoms in total. The second-order valence-electron chi connectivity index (χ2n) is 16.4. The summed E-state index contributed by atoms with van der Waals surface area (Å²) in [5, 5.41) is 1.28. The van der Waals surface area contributed by atoms with Gasteiger partial charge in [0.05, 0.1) is 48.7 Å². The molecule has 0 amide bonds. The van der Waals surface area contributed by atoms with Gasteiger partial charge in [-0.25, -0.2) is 19.2 Å². The maximum Gasteiger partial charge on any atom is 0.339 e. The van der Waals surface area contributed by atoms with Crippen molar-refractivity contribution in [2.24, 2.45) is 30.7 Å². The molecule has 0 fully saturated rings. The van der Waals surface area contributed by atoms with Crippen molar-refractivity contribution in [1.29, 1.82) is 0 Å². The van der Waals surface area contributed by atoms with Crippen LogP contribution in [-0.2, 0) is 26.0 Å². The Labute approximate surface area is 349 Å². The van der Waals surface area contributed by atoms with Crippen molar-refractivity contribution in [2.45, 2.75) is 158 Å². The fourth-order valence-corrected chi connectivity index (χ4v) is 7.65. The van der Waals surface area contributed by atoms with E-state index in [1.807, 2.05) is 11.6 Å². The van der Waals surface area contributed by atoms with Gasteiger partial charge in [0.1, 0.15) is 0 Å². The van der Waals surface area contributed by atoms with Gasteiger partial charge in [0.2, 0.25) is 0 Å². The SMILES string of the molecule is CCCCC(CC)COC(=O)c1cc2c3cc(C(=O)OCC(CC)CCCC)c(C(=O)OCC(CC)CCCC)cc3n(C)c2cc1C(=O)OCC(CC)CCCC. The third-order valence-corrected chi connectivity index (χ3v) is 12.1. The van der Waals surface area contributed by atoms with E-state index >= 15 is 0 Å². The van der Waals surface area contributed by atoms with E-state index in [1.165, 1.54) is 0 Å². The first-order chi connectivity index (χ1) is 28.0. The van der Waals surface area contributed by atoms with E-state index in [0.29, 0.717) is 21.8 Å². The Balaban J connectivity index is 2.19. The van der Waals surface area contributed by atoms with Crippen LogP contribution >= 0.6 is 0 Å². The maximum absolute atomic E-state index is 14.0. The van der Waals surface area contributed by atoms with E-state index in [2.05, 4.69) is 55.4 Å². The highest BCUT2D eigenvalue weighted by Gasteiger charge is 2.28. The van der Waals surface area contributed by atoms with Crippen LogP contribution in [-0.4, -0.2) is 54.9 Å². The second-order valence-corrected chi connectivity index (χ2v) is 16.4. The van der Waals surface area contributed by atoms with Crippen molar-refractivity contribution in [3.05, 3.63) is 46.5 Å². The Morgan fingerprint density at radius 1 is 0.431 bits per heavy atom. The standard InChI is InChI=1S/C49H75NO8/c1-10-18-22-34(14-5)30-55-46(51)40-26-38-39-27-41(47(52)56-31-35(15-6)23-19-11-2)43(49(54)58-33-37(17-8)25-21-13-4)29-45(39)50(9)44(38)28-42(40)48(53)57-32-36(16-7)24-20-12-3/h26-29,34-37H,10-25,30-33H2,1-9H3. The van der Waals surface area contributed by atoms with E-state index in [0.717, 1.165) is 103 Å². The first-order valence-electron chi connectivity index (χ1n) is 22.8. The number of hydrogen-bond donors (Lipinski definition) is 0. The molecule has 324 valence electrons. The molecule has 0 aliphatic heterocycles. The lowest BCUT2D eigenvalue weighted by Gasteiger charge is -2.17. The molecular formula is C49H75NO8. The molecule has 1 heterocycles. The minimum absolute atomic E-state index is 0.115. The fraction of sp³-hybridized carbons (Fsp3) is 0.673. The van der Waals surface area contributed by atoms with E-state index in [9.17, 15) is 19.2 Å². The topological polar surface area (TPSA) is 110 Å². The molecule has 3 aromatic rings. The molecule has 0 spiro atoms. The summed E-state index contributed by atoms with van der Waals surface area (Å²) in [4.78, 5) is 55.9. The summed E-state index contributed by atoms with van der Waals surface area (Å²) in [6.45, 7) is 18.0. The largest absolute Gasteiger partial charge is 0.462 e. The zero-order valence-electron chi connectivity index (χ0n) is 37.5. The zero-order chi connectivity index (χ0) is 42.6. The van der Waals surface area contributed by atoms with Crippen LogP contribution in [0.25, 0.3) is 21.8 Å². The molecule has 4 unspecified atom stereocenters. The highest BCUT2D eigenvalue weighted by molar-refractivity contribution is 6.17. The molecule has 0 bridgehead atoms. The normalized spacial score (nSPS) is 13.6. The third-order valence-electron chi connectivity index (χ3n) is 12.1. The van der Waals surface area contributed by atoms with Crippen molar-refractivity contribution in [1.82, 2.24) is 4.57 Å². The predicted octanol–water partition coefficient (Wildman–Crippen LogP) is 12.8. The number of fused-ring (bicyclic) bond motifs is 3. The van der Waals surface area contributed by atoms with E-state index in [1.54, 1.807) is 24.3 Å². The fourth-order valence-electron chi connectivity index (χ4n) is 7.65. The highest BCUT2D eigenvalue weighted by atomic mass is 16.5. The number of rotatable bonds is 28. The highest BCUT2D eigenvalue weighted by Crippen LogP contribution is 2.34. The van der Waals surface area contributed by atoms with Crippen LogP contribution < -0.4 is 0 Å². The number of esters is 4. The first-order valence-corrected chi connectivity index (χ1v) is 22.8. The van der Waals surface area contributed by atoms with Crippen molar-refractivity contribution >= 4 is 45.7 Å². The number of unbranched alkanes of at least 4 members (excludes halogenated alkanes) is 4. The number of carbonyl (C=O) groups is 4. The summed E-state index contributed by atoms with van der Waals surface area (Å²) in [6, 6.07) is 6.74. The number of carbonyl (C=O) groups excluding carboxylic acids is 4. The molecule has 4 atom stereocenters. The average Bonchev–Trinajstić information content (AvgIpc) is 3.51. The van der Waals surface area contributed by atoms with Gasteiger partial charge in [-0.05, 0) is 73.6 Å². The lowest BCUT2D eigenvalue weighted by atomic mass is 9.98. The lowest BCUT2D eigenvalue weighted by molar-refractivity contribution is 0.0382. The van der Waals surface area contributed by atoms with E-state index < -0.39 is 23.9 Å². The summed E-state index contributed by atoms with van der Waals surface area (Å²) in [5.41, 5.74) is 1.78. The monoisotopic (exact) mass is 806 g/mol. The number of aryl methyl sites for hydroxylation is 1. The third kappa shape index (κ3) is 13.6. The van der Waals surface area contributed by atoms with Gasteiger partial charge in [0.15, 0.2) is 0 Å². The summed E-state index contributed by atoms with van der Waals surface area (Å²) in [7, 11) is 1.85. The Hall–Kier alpha value is -3.88. The van der Waals surface area contributed by atoms with Crippen molar-refractivity contribution < 1.29 is 38.1 Å². The van der Waals surface area contributed by atoms with Crippen molar-refractivity contribution in [3.63, 3.8) is 0 Å². The number of nitrogens with zero attached hydrogens (tertiary/aromatic N) is 1. The Morgan fingerprint density at radius 2 is 0.672 bits per heavy atom. The van der Waals surface area contributed by atoms with Crippen LogP contribution in [0.15, 0.2) is 24.3 Å². The maximum atomic E-state index is 14.0. The predicted molar refractivity (Wildman–Crippen MR) is 235 cm³/mol. The molecule has 0 N–H and O–H groups in total. The Kier molecular flexibility index (Phi) is 21.4. The quantitative estimate of drug-likeness (QED) is 0.0527. The Bertz CT molecular complexity index is 1630. The molecule has 0 aliphatic rings. The minimum atomic E-state index is -0.593. The van der Waals surface area contributed by atoms with Crippen LogP contribution in [0.2, 0.25) is 0 Å². The van der Waals surface area contributed by atoms with Gasteiger partial charge in [0, 0.05) is 28.9 Å². The van der Waals surface area contributed by atoms with Crippen molar-refractivity contribution in [3.8, 4) is 0 Å². The number of benzene rings is 2. The van der Waals surface area contributed by atoms with Gasteiger partial charge in [-0.2, -0.15) is 0 Å². The molecule has 58 heavy (non-hydrogen) atoms. The molecule has 0 radical (unpaired) electrons. The molecule has 0 aliphatic carbocycles. The lowest BCUT2D eigenvalue weighted by Crippen LogP contribution is -2.19. The first kappa shape index (κ1) is 48.5. The summed E-state index contributed by atoms with van der Waals surface area (Å²) in [6.07, 6.45) is 15.7. The van der Waals surface area contributed by atoms with Crippen LogP contribution in [0.4, 0.5) is 0 Å². The molecule has 0 saturated carbocycles. The van der Waals surface area contributed by atoms with Gasteiger partial charge >= 0.3 is 23.9 Å².